The third kappa shape index (κ3) is 5.80. The fourth-order valence-electron chi connectivity index (χ4n) is 3.04. The molecule has 1 amide bonds. The zero-order valence-corrected chi connectivity index (χ0v) is 18.5. The molecule has 0 aliphatic heterocycles. The van der Waals surface area contributed by atoms with Gasteiger partial charge in [-0.1, -0.05) is 33.8 Å². The minimum absolute atomic E-state index is 0.00498. The Morgan fingerprint density at radius 2 is 1.93 bits per heavy atom. The zero-order valence-electron chi connectivity index (χ0n) is 17.7. The summed E-state index contributed by atoms with van der Waals surface area (Å²) in [7, 11) is 0. The molecule has 1 unspecified atom stereocenters. The van der Waals surface area contributed by atoms with Crippen LogP contribution in [0.2, 0.25) is 0 Å². The highest BCUT2D eigenvalue weighted by Crippen LogP contribution is 2.21. The molecular weight excluding hydrogens is 390 g/mol. The number of nitrogens with two attached hydrogens (primary N) is 1. The highest BCUT2D eigenvalue weighted by atomic mass is 32.1. The highest BCUT2D eigenvalue weighted by Gasteiger charge is 2.25. The second kappa shape index (κ2) is 9.89. The maximum absolute atomic E-state index is 13.0. The lowest BCUT2D eigenvalue weighted by molar-refractivity contribution is -0.118. The minimum atomic E-state index is -0.646. The number of nitrogens with one attached hydrogen (secondary N) is 2. The first-order valence-corrected chi connectivity index (χ1v) is 10.7. The quantitative estimate of drug-likeness (QED) is 0.574. The van der Waals surface area contributed by atoms with Crippen LogP contribution in [0.1, 0.15) is 45.5 Å². The largest absolute Gasteiger partial charge is 0.383 e. The number of hydrogen-bond acceptors (Lipinski definition) is 6. The number of H-pyrrole nitrogens is 1. The summed E-state index contributed by atoms with van der Waals surface area (Å²) in [5, 5.41) is 5.19. The first kappa shape index (κ1) is 22.9. The van der Waals surface area contributed by atoms with Crippen LogP contribution in [0.5, 0.6) is 0 Å². The normalized spacial score (nSPS) is 12.5. The molecular formula is C20H31N5O3S. The summed E-state index contributed by atoms with van der Waals surface area (Å²) in [6.07, 6.45) is 0. The van der Waals surface area contributed by atoms with Crippen LogP contribution in [0.25, 0.3) is 0 Å². The number of aromatic nitrogens is 2. The van der Waals surface area contributed by atoms with E-state index in [2.05, 4.69) is 10.3 Å². The van der Waals surface area contributed by atoms with Crippen LogP contribution in [0.3, 0.4) is 0 Å². The molecule has 0 saturated heterocycles. The molecule has 0 radical (unpaired) electrons. The molecule has 8 nitrogen and oxygen atoms in total. The van der Waals surface area contributed by atoms with Crippen molar-refractivity contribution in [1.29, 1.82) is 0 Å². The van der Waals surface area contributed by atoms with Gasteiger partial charge in [0, 0.05) is 24.0 Å². The van der Waals surface area contributed by atoms with E-state index in [-0.39, 0.29) is 41.8 Å². The fourth-order valence-corrected chi connectivity index (χ4v) is 3.80. The van der Waals surface area contributed by atoms with Gasteiger partial charge < -0.3 is 16.0 Å². The smallest absolute Gasteiger partial charge is 0.330 e. The predicted molar refractivity (Wildman–Crippen MR) is 119 cm³/mol. The van der Waals surface area contributed by atoms with E-state index in [0.29, 0.717) is 13.1 Å². The predicted octanol–water partition coefficient (Wildman–Crippen LogP) is 2.18. The first-order chi connectivity index (χ1) is 13.6. The number of thiophene rings is 1. The number of nitrogens with zero attached hydrogens (tertiary/aromatic N) is 2. The van der Waals surface area contributed by atoms with Gasteiger partial charge in [-0.25, -0.2) is 4.79 Å². The van der Waals surface area contributed by atoms with Crippen molar-refractivity contribution in [3.05, 3.63) is 43.2 Å². The molecule has 0 bridgehead atoms. The lowest BCUT2D eigenvalue weighted by Crippen LogP contribution is -2.46. The maximum Gasteiger partial charge on any atom is 0.330 e. The van der Waals surface area contributed by atoms with Crippen molar-refractivity contribution >= 4 is 28.7 Å². The van der Waals surface area contributed by atoms with E-state index in [9.17, 15) is 14.4 Å². The number of rotatable bonds is 9. The molecule has 0 aromatic carbocycles. The number of carbonyl (C=O) groups is 1. The average molecular weight is 422 g/mol. The van der Waals surface area contributed by atoms with E-state index in [4.69, 9.17) is 5.73 Å². The van der Waals surface area contributed by atoms with Gasteiger partial charge in [-0.15, -0.1) is 11.3 Å². The SMILES string of the molecule is CC(C)CN(C(=O)CNC(C)c1cccs1)c1c(N)n(CC(C)C)c(=O)[nH]c1=O. The molecule has 0 fully saturated rings. The van der Waals surface area contributed by atoms with Gasteiger partial charge in [0.2, 0.25) is 5.91 Å². The molecule has 2 rings (SSSR count). The van der Waals surface area contributed by atoms with Gasteiger partial charge in [0.05, 0.1) is 6.54 Å². The molecule has 0 spiro atoms. The van der Waals surface area contributed by atoms with Crippen molar-refractivity contribution in [2.75, 3.05) is 23.7 Å². The molecule has 1 atom stereocenters. The molecule has 2 aromatic heterocycles. The topological polar surface area (TPSA) is 113 Å². The Bertz CT molecular complexity index is 931. The fraction of sp³-hybridized carbons (Fsp3) is 0.550. The van der Waals surface area contributed by atoms with Crippen LogP contribution >= 0.6 is 11.3 Å². The van der Waals surface area contributed by atoms with Crippen molar-refractivity contribution < 1.29 is 4.79 Å². The summed E-state index contributed by atoms with van der Waals surface area (Å²) in [5.74, 6) is 0.0102. The van der Waals surface area contributed by atoms with E-state index < -0.39 is 11.2 Å². The Morgan fingerprint density at radius 3 is 2.48 bits per heavy atom. The van der Waals surface area contributed by atoms with E-state index >= 15 is 0 Å². The second-order valence-corrected chi connectivity index (χ2v) is 8.99. The second-order valence-electron chi connectivity index (χ2n) is 8.01. The monoisotopic (exact) mass is 421 g/mol. The Morgan fingerprint density at radius 1 is 1.24 bits per heavy atom. The number of hydrogen-bond donors (Lipinski definition) is 3. The van der Waals surface area contributed by atoms with Gasteiger partial charge >= 0.3 is 5.69 Å². The molecule has 29 heavy (non-hydrogen) atoms. The van der Waals surface area contributed by atoms with E-state index in [1.807, 2.05) is 52.1 Å². The number of amides is 1. The van der Waals surface area contributed by atoms with E-state index in [1.165, 1.54) is 9.47 Å². The summed E-state index contributed by atoms with van der Waals surface area (Å²) < 4.78 is 1.32. The van der Waals surface area contributed by atoms with E-state index in [1.54, 1.807) is 11.3 Å². The molecule has 0 aliphatic rings. The Labute approximate surface area is 174 Å². The first-order valence-electron chi connectivity index (χ1n) is 9.81. The third-order valence-corrected chi connectivity index (χ3v) is 5.46. The molecule has 9 heteroatoms. The van der Waals surface area contributed by atoms with Crippen LogP contribution in [0.4, 0.5) is 11.5 Å². The zero-order chi connectivity index (χ0) is 21.7. The number of aromatic amines is 1. The molecule has 0 saturated carbocycles. The van der Waals surface area contributed by atoms with Crippen LogP contribution < -0.4 is 27.2 Å². The van der Waals surface area contributed by atoms with Crippen LogP contribution in [-0.2, 0) is 11.3 Å². The number of carbonyl (C=O) groups excluding carboxylic acids is 1. The lowest BCUT2D eigenvalue weighted by Gasteiger charge is -2.27. The molecule has 2 aromatic rings. The van der Waals surface area contributed by atoms with Crippen molar-refractivity contribution in [1.82, 2.24) is 14.9 Å². The molecule has 4 N–H and O–H groups in total. The summed E-state index contributed by atoms with van der Waals surface area (Å²) in [6.45, 7) is 10.5. The summed E-state index contributed by atoms with van der Waals surface area (Å²) in [6, 6.07) is 3.97. The highest BCUT2D eigenvalue weighted by molar-refractivity contribution is 7.10. The number of nitrogen functional groups attached to an aromatic ring is 1. The third-order valence-electron chi connectivity index (χ3n) is 4.41. The van der Waals surface area contributed by atoms with Crippen molar-refractivity contribution in [3.63, 3.8) is 0 Å². The van der Waals surface area contributed by atoms with Gasteiger partial charge in [-0.05, 0) is 30.2 Å². The van der Waals surface area contributed by atoms with Crippen LogP contribution in [0.15, 0.2) is 27.1 Å². The van der Waals surface area contributed by atoms with Crippen LogP contribution in [-0.4, -0.2) is 28.5 Å². The van der Waals surface area contributed by atoms with E-state index in [0.717, 1.165) is 4.88 Å². The van der Waals surface area contributed by atoms with Gasteiger partial charge in [0.1, 0.15) is 5.82 Å². The average Bonchev–Trinajstić information content (AvgIpc) is 3.16. The maximum atomic E-state index is 13.0. The Hall–Kier alpha value is -2.39. The number of anilines is 2. The van der Waals surface area contributed by atoms with Crippen LogP contribution in [0, 0.1) is 11.8 Å². The molecule has 2 heterocycles. The van der Waals surface area contributed by atoms with Crippen molar-refractivity contribution in [3.8, 4) is 0 Å². The van der Waals surface area contributed by atoms with Gasteiger partial charge in [0.25, 0.3) is 5.56 Å². The van der Waals surface area contributed by atoms with Gasteiger partial charge in [0.15, 0.2) is 5.69 Å². The Kier molecular flexibility index (Phi) is 7.80. The van der Waals surface area contributed by atoms with Gasteiger partial charge in [-0.2, -0.15) is 0 Å². The molecule has 160 valence electrons. The van der Waals surface area contributed by atoms with Crippen molar-refractivity contribution in [2.24, 2.45) is 11.8 Å². The molecule has 0 aliphatic carbocycles. The lowest BCUT2D eigenvalue weighted by atomic mass is 10.2. The standard InChI is InChI=1S/C20H31N5O3S/c1-12(2)10-24(16(26)9-22-14(5)15-7-6-8-29-15)17-18(21)25(11-13(3)4)20(28)23-19(17)27/h6-8,12-14,22H,9-11,21H2,1-5H3,(H,23,27,28). The summed E-state index contributed by atoms with van der Waals surface area (Å²) in [5.41, 5.74) is 5.04. The Balaban J connectivity index is 2.35. The minimum Gasteiger partial charge on any atom is -0.383 e. The summed E-state index contributed by atoms with van der Waals surface area (Å²) >= 11 is 1.61. The van der Waals surface area contributed by atoms with Gasteiger partial charge in [-0.3, -0.25) is 19.1 Å². The van der Waals surface area contributed by atoms with Crippen molar-refractivity contribution in [2.45, 2.75) is 47.2 Å². The summed E-state index contributed by atoms with van der Waals surface area (Å²) in [4.78, 5) is 42.7.